The van der Waals surface area contributed by atoms with Gasteiger partial charge in [-0.05, 0) is 43.4 Å². The molecular formula is C24H38O4. The Hall–Kier alpha value is -1.84. The van der Waals surface area contributed by atoms with E-state index in [0.29, 0.717) is 25.2 Å². The second-order valence-electron chi connectivity index (χ2n) is 7.44. The molecule has 4 heteroatoms. The minimum Gasteiger partial charge on any atom is -0.468 e. The van der Waals surface area contributed by atoms with E-state index in [0.717, 1.165) is 38.5 Å². The number of hydrogen-bond acceptors (Lipinski definition) is 4. The molecular weight excluding hydrogens is 352 g/mol. The van der Waals surface area contributed by atoms with Crippen molar-refractivity contribution in [3.8, 4) is 0 Å². The van der Waals surface area contributed by atoms with Gasteiger partial charge in [-0.1, -0.05) is 76.8 Å². The summed E-state index contributed by atoms with van der Waals surface area (Å²) in [5, 5.41) is 0. The average Bonchev–Trinajstić information content (AvgIpc) is 2.72. The first-order chi connectivity index (χ1) is 13.8. The van der Waals surface area contributed by atoms with Crippen molar-refractivity contribution in [1.29, 1.82) is 0 Å². The molecule has 1 rings (SSSR count). The van der Waals surface area contributed by atoms with Crippen LogP contribution in [0.2, 0.25) is 0 Å². The first kappa shape index (κ1) is 24.2. The Balaban J connectivity index is 2.07. The highest BCUT2D eigenvalue weighted by Crippen LogP contribution is 2.12. The maximum absolute atomic E-state index is 12.1. The topological polar surface area (TPSA) is 52.6 Å². The van der Waals surface area contributed by atoms with E-state index < -0.39 is 0 Å². The van der Waals surface area contributed by atoms with Gasteiger partial charge in [0.2, 0.25) is 0 Å². The molecule has 0 amide bonds. The Morgan fingerprint density at radius 1 is 0.786 bits per heavy atom. The van der Waals surface area contributed by atoms with Gasteiger partial charge in [-0.2, -0.15) is 0 Å². The van der Waals surface area contributed by atoms with Crippen LogP contribution in [0.15, 0.2) is 24.3 Å². The molecule has 1 aromatic carbocycles. The molecule has 0 radical (unpaired) electrons. The molecule has 0 spiro atoms. The number of hydrogen-bond donors (Lipinski definition) is 0. The Labute approximate surface area is 171 Å². The van der Waals surface area contributed by atoms with E-state index in [-0.39, 0.29) is 5.97 Å². The van der Waals surface area contributed by atoms with Gasteiger partial charge in [-0.25, -0.2) is 4.79 Å². The highest BCUT2D eigenvalue weighted by atomic mass is 16.5. The van der Waals surface area contributed by atoms with Crippen LogP contribution < -0.4 is 0 Å². The Morgan fingerprint density at radius 3 is 2.00 bits per heavy atom. The fourth-order valence-corrected chi connectivity index (χ4v) is 3.21. The summed E-state index contributed by atoms with van der Waals surface area (Å²) in [6, 6.07) is 7.84. The smallest absolute Gasteiger partial charge is 0.338 e. The minimum atomic E-state index is -0.210. The summed E-state index contributed by atoms with van der Waals surface area (Å²) in [7, 11) is 0. The van der Waals surface area contributed by atoms with Crippen molar-refractivity contribution in [3.05, 3.63) is 35.4 Å². The summed E-state index contributed by atoms with van der Waals surface area (Å²) in [5.74, 6) is -0.210. The van der Waals surface area contributed by atoms with Gasteiger partial charge >= 0.3 is 5.97 Å². The van der Waals surface area contributed by atoms with Gasteiger partial charge in [0.25, 0.3) is 6.47 Å². The summed E-state index contributed by atoms with van der Waals surface area (Å²) in [5.41, 5.74) is 1.92. The highest BCUT2D eigenvalue weighted by Gasteiger charge is 2.06. The summed E-state index contributed by atoms with van der Waals surface area (Å²) >= 11 is 0. The molecule has 0 bridgehead atoms. The number of esters is 1. The van der Waals surface area contributed by atoms with E-state index in [1.807, 2.05) is 24.3 Å². The highest BCUT2D eigenvalue weighted by molar-refractivity contribution is 5.89. The standard InChI is InChI=1S/C24H38O4/c1-2-3-4-5-10-13-20-28-24(26)23-17-15-22(16-18-23)14-11-8-6-7-9-12-19-27-21-25/h15-18,21H,2-14,19-20H2,1H3. The molecule has 0 fully saturated rings. The molecule has 0 aliphatic carbocycles. The summed E-state index contributed by atoms with van der Waals surface area (Å²) in [6.45, 7) is 3.79. The number of benzene rings is 1. The molecule has 0 N–H and O–H groups in total. The predicted octanol–water partition coefficient (Wildman–Crippen LogP) is 6.26. The molecule has 0 heterocycles. The lowest BCUT2D eigenvalue weighted by atomic mass is 10.0. The van der Waals surface area contributed by atoms with Crippen LogP contribution in [-0.4, -0.2) is 25.7 Å². The molecule has 28 heavy (non-hydrogen) atoms. The average molecular weight is 391 g/mol. The summed E-state index contributed by atoms with van der Waals surface area (Å²) in [4.78, 5) is 22.1. The van der Waals surface area contributed by atoms with Crippen LogP contribution in [0.5, 0.6) is 0 Å². The molecule has 1 aromatic rings. The van der Waals surface area contributed by atoms with E-state index in [2.05, 4.69) is 11.7 Å². The molecule has 0 aliphatic rings. The second kappa shape index (κ2) is 17.3. The van der Waals surface area contributed by atoms with E-state index in [1.54, 1.807) is 0 Å². The van der Waals surface area contributed by atoms with Crippen molar-refractivity contribution in [2.24, 2.45) is 0 Å². The fourth-order valence-electron chi connectivity index (χ4n) is 3.21. The van der Waals surface area contributed by atoms with Gasteiger partial charge in [0, 0.05) is 0 Å². The SMILES string of the molecule is CCCCCCCCOC(=O)c1ccc(CCCCCCCCOC=O)cc1. The van der Waals surface area contributed by atoms with Gasteiger partial charge in [-0.3, -0.25) is 4.79 Å². The fraction of sp³-hybridized carbons (Fsp3) is 0.667. The third-order valence-electron chi connectivity index (χ3n) is 4.97. The van der Waals surface area contributed by atoms with Crippen LogP contribution in [0.3, 0.4) is 0 Å². The van der Waals surface area contributed by atoms with Gasteiger partial charge in [0.15, 0.2) is 0 Å². The number of carbonyl (C=O) groups is 2. The normalized spacial score (nSPS) is 10.6. The minimum absolute atomic E-state index is 0.210. The van der Waals surface area contributed by atoms with Gasteiger partial charge < -0.3 is 9.47 Å². The number of unbranched alkanes of at least 4 members (excludes halogenated alkanes) is 10. The Kier molecular flexibility index (Phi) is 14.9. The summed E-state index contributed by atoms with van der Waals surface area (Å²) < 4.78 is 10.0. The van der Waals surface area contributed by atoms with Crippen LogP contribution in [0.1, 0.15) is 99.9 Å². The van der Waals surface area contributed by atoms with Gasteiger partial charge in [0.05, 0.1) is 18.8 Å². The summed E-state index contributed by atoms with van der Waals surface area (Å²) in [6.07, 6.45) is 15.0. The molecule has 0 unspecified atom stereocenters. The van der Waals surface area contributed by atoms with E-state index >= 15 is 0 Å². The van der Waals surface area contributed by atoms with E-state index in [9.17, 15) is 9.59 Å². The first-order valence-corrected chi connectivity index (χ1v) is 11.1. The lowest BCUT2D eigenvalue weighted by molar-refractivity contribution is -0.128. The van der Waals surface area contributed by atoms with Crippen LogP contribution in [0.25, 0.3) is 0 Å². The number of carbonyl (C=O) groups excluding carboxylic acids is 2. The molecule has 0 aromatic heterocycles. The number of aryl methyl sites for hydroxylation is 1. The van der Waals surface area contributed by atoms with Gasteiger partial charge in [0.1, 0.15) is 0 Å². The van der Waals surface area contributed by atoms with Crippen molar-refractivity contribution in [2.45, 2.75) is 90.4 Å². The Morgan fingerprint density at radius 2 is 1.36 bits per heavy atom. The molecule has 0 aliphatic heterocycles. The zero-order chi connectivity index (χ0) is 20.3. The lowest BCUT2D eigenvalue weighted by Crippen LogP contribution is -2.06. The van der Waals surface area contributed by atoms with Crippen LogP contribution in [0.4, 0.5) is 0 Å². The number of rotatable bonds is 18. The molecule has 0 saturated heterocycles. The monoisotopic (exact) mass is 390 g/mol. The molecule has 0 atom stereocenters. The third kappa shape index (κ3) is 12.5. The largest absolute Gasteiger partial charge is 0.468 e. The zero-order valence-electron chi connectivity index (χ0n) is 17.6. The maximum Gasteiger partial charge on any atom is 0.338 e. The van der Waals surface area contributed by atoms with Crippen LogP contribution in [-0.2, 0) is 20.7 Å². The molecule has 158 valence electrons. The lowest BCUT2D eigenvalue weighted by Gasteiger charge is -2.06. The number of ether oxygens (including phenoxy) is 2. The predicted molar refractivity (Wildman–Crippen MR) is 114 cm³/mol. The third-order valence-corrected chi connectivity index (χ3v) is 4.97. The van der Waals surface area contributed by atoms with Crippen molar-refractivity contribution in [1.82, 2.24) is 0 Å². The van der Waals surface area contributed by atoms with Crippen molar-refractivity contribution >= 4 is 12.4 Å². The Bertz CT molecular complexity index is 510. The molecule has 0 saturated carbocycles. The first-order valence-electron chi connectivity index (χ1n) is 11.1. The molecule has 4 nitrogen and oxygen atoms in total. The maximum atomic E-state index is 12.1. The zero-order valence-corrected chi connectivity index (χ0v) is 17.6. The quantitative estimate of drug-likeness (QED) is 0.169. The van der Waals surface area contributed by atoms with Crippen molar-refractivity contribution in [3.63, 3.8) is 0 Å². The van der Waals surface area contributed by atoms with Crippen LogP contribution >= 0.6 is 0 Å². The van der Waals surface area contributed by atoms with E-state index in [4.69, 9.17) is 4.74 Å². The second-order valence-corrected chi connectivity index (χ2v) is 7.44. The van der Waals surface area contributed by atoms with Crippen molar-refractivity contribution in [2.75, 3.05) is 13.2 Å². The van der Waals surface area contributed by atoms with E-state index in [1.165, 1.54) is 50.5 Å². The van der Waals surface area contributed by atoms with Crippen LogP contribution in [0, 0.1) is 0 Å². The van der Waals surface area contributed by atoms with Crippen molar-refractivity contribution < 1.29 is 19.1 Å². The van der Waals surface area contributed by atoms with Gasteiger partial charge in [-0.15, -0.1) is 0 Å².